The van der Waals surface area contributed by atoms with Gasteiger partial charge >= 0.3 is 0 Å². The van der Waals surface area contributed by atoms with Crippen LogP contribution in [0.25, 0.3) is 0 Å². The Morgan fingerprint density at radius 2 is 1.97 bits per heavy atom. The second-order valence-corrected chi connectivity index (χ2v) is 8.61. The third-order valence-electron chi connectivity index (χ3n) is 5.06. The van der Waals surface area contributed by atoms with Gasteiger partial charge in [0.1, 0.15) is 22.9 Å². The molecule has 0 spiro atoms. The molecule has 188 valence electrons. The van der Waals surface area contributed by atoms with Crippen LogP contribution in [0.2, 0.25) is 0 Å². The Morgan fingerprint density at radius 1 is 1.22 bits per heavy atom. The van der Waals surface area contributed by atoms with E-state index in [9.17, 15) is 18.5 Å². The lowest BCUT2D eigenvalue weighted by molar-refractivity contribution is 0.0941. The van der Waals surface area contributed by atoms with Crippen LogP contribution in [-0.2, 0) is 7.05 Å². The Hall–Kier alpha value is -4.01. The number of carbonyl (C=O) groups is 1. The number of halogens is 2. The van der Waals surface area contributed by atoms with Gasteiger partial charge in [0.15, 0.2) is 5.75 Å². The van der Waals surface area contributed by atoms with Crippen molar-refractivity contribution in [3.05, 3.63) is 75.3 Å². The predicted molar refractivity (Wildman–Crippen MR) is 139 cm³/mol. The molecule has 0 unspecified atom stereocenters. The van der Waals surface area contributed by atoms with Gasteiger partial charge in [-0.3, -0.25) is 14.2 Å². The van der Waals surface area contributed by atoms with E-state index in [4.69, 9.17) is 11.2 Å². The van der Waals surface area contributed by atoms with Gasteiger partial charge in [0.05, 0.1) is 23.4 Å². The van der Waals surface area contributed by atoms with Crippen LogP contribution < -0.4 is 30.6 Å². The highest BCUT2D eigenvalue weighted by molar-refractivity contribution is 7.98. The largest absolute Gasteiger partial charge is 0.456 e. The van der Waals surface area contributed by atoms with Crippen LogP contribution in [0.5, 0.6) is 11.5 Å². The molecule has 0 saturated heterocycles. The lowest BCUT2D eigenvalue weighted by Gasteiger charge is -2.22. The van der Waals surface area contributed by atoms with Crippen LogP contribution in [0, 0.1) is 25.1 Å². The Labute approximate surface area is 211 Å². The number of benzene rings is 2. The van der Waals surface area contributed by atoms with E-state index >= 15 is 0 Å². The molecule has 0 radical (unpaired) electrons. The molecular formula is C25H25F2N5O3S. The lowest BCUT2D eigenvalue weighted by atomic mass is 10.1. The van der Waals surface area contributed by atoms with E-state index in [0.29, 0.717) is 23.4 Å². The molecule has 3 rings (SSSR count). The minimum atomic E-state index is -0.658. The SMILES string of the molecule is C#Cc1ccc(Nc2c(C(=O)NC(C)C)c(Oc3cccc(NSNF)c3)c(C)c(=O)n2C)c(F)c1. The summed E-state index contributed by atoms with van der Waals surface area (Å²) in [6.07, 6.45) is 5.34. The molecule has 2 aromatic carbocycles. The van der Waals surface area contributed by atoms with E-state index in [-0.39, 0.29) is 40.2 Å². The number of anilines is 3. The molecule has 1 amide bonds. The average Bonchev–Trinajstić information content (AvgIpc) is 2.85. The van der Waals surface area contributed by atoms with E-state index in [1.807, 2.05) is 0 Å². The standard InChI is InChI=1S/C25H25F2N5O3S/c1-6-16-10-11-20(19(26)12-16)29-23-21(24(33)28-14(2)3)22(15(4)25(34)32(23)5)35-18-9-7-8-17(13-18)30-36-31-27/h1,7-14,29-31H,2-5H3,(H,28,33). The molecule has 0 atom stereocenters. The molecule has 0 fully saturated rings. The molecule has 36 heavy (non-hydrogen) atoms. The first-order valence-corrected chi connectivity index (χ1v) is 11.6. The summed E-state index contributed by atoms with van der Waals surface area (Å²) in [5.74, 6) is 1.46. The van der Waals surface area contributed by atoms with Gasteiger partial charge in [-0.2, -0.15) is 0 Å². The number of aromatic nitrogens is 1. The first-order chi connectivity index (χ1) is 17.2. The Balaban J connectivity index is 2.19. The van der Waals surface area contributed by atoms with Crippen LogP contribution in [0.15, 0.2) is 47.3 Å². The predicted octanol–water partition coefficient (Wildman–Crippen LogP) is 4.94. The van der Waals surface area contributed by atoms with E-state index in [1.165, 1.54) is 41.7 Å². The zero-order chi connectivity index (χ0) is 26.4. The zero-order valence-corrected chi connectivity index (χ0v) is 20.8. The smallest absolute Gasteiger partial charge is 0.259 e. The van der Waals surface area contributed by atoms with Crippen LogP contribution in [0.4, 0.5) is 26.1 Å². The van der Waals surface area contributed by atoms with Gasteiger partial charge in [0, 0.05) is 30.4 Å². The minimum Gasteiger partial charge on any atom is -0.456 e. The van der Waals surface area contributed by atoms with Gasteiger partial charge in [-0.1, -0.05) is 16.9 Å². The summed E-state index contributed by atoms with van der Waals surface area (Å²) in [5.41, 5.74) is 0.568. The molecule has 0 aliphatic rings. The fourth-order valence-corrected chi connectivity index (χ4v) is 3.67. The summed E-state index contributed by atoms with van der Waals surface area (Å²) in [7, 11) is 1.47. The first kappa shape index (κ1) is 26.6. The van der Waals surface area contributed by atoms with E-state index in [1.54, 1.807) is 38.1 Å². The summed E-state index contributed by atoms with van der Waals surface area (Å²) in [6, 6.07) is 10.4. The summed E-state index contributed by atoms with van der Waals surface area (Å²) < 4.78 is 37.0. The number of nitrogens with zero attached hydrogens (tertiary/aromatic N) is 1. The van der Waals surface area contributed by atoms with Crippen molar-refractivity contribution in [3.63, 3.8) is 0 Å². The Bertz CT molecular complexity index is 1390. The number of terminal acetylenes is 1. The number of ether oxygens (including phenoxy) is 1. The quantitative estimate of drug-likeness (QED) is 0.183. The zero-order valence-electron chi connectivity index (χ0n) is 20.0. The molecule has 1 aromatic heterocycles. The van der Waals surface area contributed by atoms with Gasteiger partial charge in [-0.25, -0.2) is 4.39 Å². The topological polar surface area (TPSA) is 96.4 Å². The van der Waals surface area contributed by atoms with E-state index < -0.39 is 17.3 Å². The number of carbonyl (C=O) groups excluding carboxylic acids is 1. The van der Waals surface area contributed by atoms with Crippen molar-refractivity contribution in [1.82, 2.24) is 14.8 Å². The Morgan fingerprint density at radius 3 is 2.61 bits per heavy atom. The van der Waals surface area contributed by atoms with Gasteiger partial charge in [0.25, 0.3) is 11.5 Å². The highest BCUT2D eigenvalue weighted by Gasteiger charge is 2.26. The number of hydrogen-bond acceptors (Lipinski definition) is 7. The van der Waals surface area contributed by atoms with Crippen molar-refractivity contribution >= 4 is 35.2 Å². The molecule has 8 nitrogen and oxygen atoms in total. The Kier molecular flexibility index (Phi) is 8.58. The highest BCUT2D eigenvalue weighted by atomic mass is 32.2. The maximum atomic E-state index is 14.8. The summed E-state index contributed by atoms with van der Waals surface area (Å²) in [6.45, 7) is 5.09. The average molecular weight is 514 g/mol. The maximum absolute atomic E-state index is 14.8. The van der Waals surface area contributed by atoms with Crippen LogP contribution in [-0.4, -0.2) is 16.5 Å². The first-order valence-electron chi connectivity index (χ1n) is 10.8. The number of rotatable bonds is 9. The lowest BCUT2D eigenvalue weighted by Crippen LogP contribution is -2.34. The van der Waals surface area contributed by atoms with E-state index in [2.05, 4.69) is 21.3 Å². The van der Waals surface area contributed by atoms with Crippen molar-refractivity contribution < 1.29 is 18.4 Å². The number of amides is 1. The van der Waals surface area contributed by atoms with Crippen molar-refractivity contribution in [1.29, 1.82) is 0 Å². The molecule has 11 heteroatoms. The monoisotopic (exact) mass is 513 g/mol. The molecular weight excluding hydrogens is 488 g/mol. The minimum absolute atomic E-state index is 0.00175. The van der Waals surface area contributed by atoms with Gasteiger partial charge in [-0.05, 0) is 51.1 Å². The third-order valence-corrected chi connectivity index (χ3v) is 5.48. The molecule has 0 aliphatic heterocycles. The second kappa shape index (κ2) is 11.6. The van der Waals surface area contributed by atoms with E-state index in [0.717, 1.165) is 0 Å². The second-order valence-electron chi connectivity index (χ2n) is 8.05. The van der Waals surface area contributed by atoms with Crippen molar-refractivity contribution in [2.24, 2.45) is 7.05 Å². The summed E-state index contributed by atoms with van der Waals surface area (Å²) in [5, 5.41) is 5.66. The summed E-state index contributed by atoms with van der Waals surface area (Å²) in [4.78, 5) is 27.9. The third kappa shape index (κ3) is 5.97. The number of hydrogen-bond donors (Lipinski definition) is 4. The van der Waals surface area contributed by atoms with Crippen molar-refractivity contribution in [3.8, 4) is 23.8 Å². The fraction of sp³-hybridized carbons (Fsp3) is 0.200. The maximum Gasteiger partial charge on any atom is 0.259 e. The fourth-order valence-electron chi connectivity index (χ4n) is 3.38. The van der Waals surface area contributed by atoms with Crippen molar-refractivity contribution in [2.45, 2.75) is 26.8 Å². The van der Waals surface area contributed by atoms with Gasteiger partial charge in [0.2, 0.25) is 0 Å². The highest BCUT2D eigenvalue weighted by Crippen LogP contribution is 2.35. The molecule has 1 heterocycles. The normalized spacial score (nSPS) is 10.6. The number of nitrogens with one attached hydrogen (secondary N) is 4. The van der Waals surface area contributed by atoms with Gasteiger partial charge < -0.3 is 20.1 Å². The molecule has 0 saturated carbocycles. The number of pyridine rings is 1. The van der Waals surface area contributed by atoms with Crippen LogP contribution in [0.3, 0.4) is 0 Å². The van der Waals surface area contributed by atoms with Crippen LogP contribution in [0.1, 0.15) is 35.3 Å². The molecule has 3 aromatic rings. The molecule has 0 bridgehead atoms. The molecule has 0 aliphatic carbocycles. The molecule has 4 N–H and O–H groups in total. The van der Waals surface area contributed by atoms with Crippen LogP contribution >= 0.6 is 12.1 Å². The summed E-state index contributed by atoms with van der Waals surface area (Å²) >= 11 is 0.609. The van der Waals surface area contributed by atoms with Crippen molar-refractivity contribution in [2.75, 3.05) is 10.0 Å². The van der Waals surface area contributed by atoms with Gasteiger partial charge in [-0.15, -0.1) is 10.9 Å².